The molecule has 4 N–H and O–H groups in total. The first-order chi connectivity index (χ1) is 14.5. The molecule has 166 valence electrons. The Morgan fingerprint density at radius 1 is 1.00 bits per heavy atom. The van der Waals surface area contributed by atoms with Crippen molar-refractivity contribution in [2.45, 2.75) is 9.96 Å². The molecule has 2 aromatic rings. The molecule has 8 nitrogen and oxygen atoms in total. The number of rotatable bonds is 7. The van der Waals surface area contributed by atoms with Crippen LogP contribution < -0.4 is 25.4 Å². The maximum Gasteiger partial charge on any atom is 0.335 e. The number of hydrogen-bond donors (Lipinski definition) is 4. The molecule has 1 unspecified atom stereocenters. The summed E-state index contributed by atoms with van der Waals surface area (Å²) in [5.74, 6) is -0.863. The average molecular weight is 507 g/mol. The molecule has 2 aromatic carbocycles. The molecular weight excluding hydrogens is 489 g/mol. The number of benzene rings is 2. The number of carbonyl (C=O) groups excluding carboxylic acids is 1. The third-order valence-electron chi connectivity index (χ3n) is 3.89. The Kier molecular flexibility index (Phi) is 8.58. The van der Waals surface area contributed by atoms with Gasteiger partial charge in [0, 0.05) is 11.3 Å². The Balaban J connectivity index is 2.13. The molecule has 0 spiro atoms. The molecule has 0 aliphatic heterocycles. The number of aromatic carboxylic acids is 1. The summed E-state index contributed by atoms with van der Waals surface area (Å²) in [6.07, 6.45) is -1.22. The number of nitrogens with one attached hydrogen (secondary N) is 3. The normalized spacial score (nSPS) is 11.8. The molecule has 2 rings (SSSR count). The molecule has 0 heterocycles. The van der Waals surface area contributed by atoms with E-state index in [1.165, 1.54) is 38.5 Å². The standard InChI is InChI=1S/C19H18Cl3N3O5S/c1-29-13-7-6-10(9-14(13)30-2)15(26)24-17(19(20,21)22)25-18(31)23-12-5-3-4-11(8-12)16(27)28/h3-9,17H,1-2H3,(H,24,26)(H,27,28)(H2,23,25,31). The first-order valence-corrected chi connectivity index (χ1v) is 10.1. The zero-order valence-corrected chi connectivity index (χ0v) is 19.3. The highest BCUT2D eigenvalue weighted by atomic mass is 35.6. The van der Waals surface area contributed by atoms with Gasteiger partial charge in [0.15, 0.2) is 16.6 Å². The third kappa shape index (κ3) is 7.03. The quantitative estimate of drug-likeness (QED) is 0.255. The van der Waals surface area contributed by atoms with Crippen LogP contribution in [0, 0.1) is 0 Å². The zero-order chi connectivity index (χ0) is 23.2. The SMILES string of the molecule is COc1ccc(C(=O)NC(NC(=S)Nc2cccc(C(=O)O)c2)C(Cl)(Cl)Cl)cc1OC. The van der Waals surface area contributed by atoms with E-state index in [0.29, 0.717) is 17.2 Å². The molecule has 31 heavy (non-hydrogen) atoms. The number of hydrogen-bond acceptors (Lipinski definition) is 5. The molecule has 0 aliphatic carbocycles. The van der Waals surface area contributed by atoms with Gasteiger partial charge < -0.3 is 30.5 Å². The van der Waals surface area contributed by atoms with Gasteiger partial charge in [0.1, 0.15) is 6.17 Å². The number of ether oxygens (including phenoxy) is 2. The van der Waals surface area contributed by atoms with Gasteiger partial charge in [-0.15, -0.1) is 0 Å². The van der Waals surface area contributed by atoms with E-state index in [1.54, 1.807) is 18.2 Å². The number of alkyl halides is 3. The summed E-state index contributed by atoms with van der Waals surface area (Å²) in [4.78, 5) is 23.8. The predicted molar refractivity (Wildman–Crippen MR) is 124 cm³/mol. The third-order valence-corrected chi connectivity index (χ3v) is 4.77. The second-order valence-electron chi connectivity index (χ2n) is 6.00. The van der Waals surface area contributed by atoms with Gasteiger partial charge in [-0.2, -0.15) is 0 Å². The summed E-state index contributed by atoms with van der Waals surface area (Å²) in [5, 5.41) is 17.1. The van der Waals surface area contributed by atoms with Crippen molar-refractivity contribution in [3.8, 4) is 11.5 Å². The Morgan fingerprint density at radius 2 is 1.68 bits per heavy atom. The topological polar surface area (TPSA) is 109 Å². The lowest BCUT2D eigenvalue weighted by molar-refractivity contribution is 0.0696. The highest BCUT2D eigenvalue weighted by Gasteiger charge is 2.35. The van der Waals surface area contributed by atoms with E-state index in [-0.39, 0.29) is 16.2 Å². The number of carboxylic acids is 1. The first kappa shape index (κ1) is 24.8. The van der Waals surface area contributed by atoms with E-state index in [4.69, 9.17) is 61.6 Å². The van der Waals surface area contributed by atoms with Crippen LogP contribution in [0.3, 0.4) is 0 Å². The number of thiocarbonyl (C=S) groups is 1. The van der Waals surface area contributed by atoms with Gasteiger partial charge in [-0.3, -0.25) is 4.79 Å². The van der Waals surface area contributed by atoms with Crippen molar-refractivity contribution >= 4 is 69.7 Å². The van der Waals surface area contributed by atoms with Crippen molar-refractivity contribution in [1.82, 2.24) is 10.6 Å². The van der Waals surface area contributed by atoms with Crippen LogP contribution in [0.25, 0.3) is 0 Å². The van der Waals surface area contributed by atoms with E-state index in [0.717, 1.165) is 0 Å². The van der Waals surface area contributed by atoms with Crippen LogP contribution in [0.15, 0.2) is 42.5 Å². The lowest BCUT2D eigenvalue weighted by Crippen LogP contribution is -2.56. The number of anilines is 1. The van der Waals surface area contributed by atoms with Crippen LogP contribution in [0.5, 0.6) is 11.5 Å². The van der Waals surface area contributed by atoms with E-state index >= 15 is 0 Å². The van der Waals surface area contributed by atoms with Crippen LogP contribution in [0.4, 0.5) is 5.69 Å². The van der Waals surface area contributed by atoms with Crippen molar-refractivity contribution in [2.24, 2.45) is 0 Å². The number of carboxylic acid groups (broad SMARTS) is 1. The Morgan fingerprint density at radius 3 is 2.26 bits per heavy atom. The minimum absolute atomic E-state index is 0.00789. The molecule has 0 radical (unpaired) electrons. The lowest BCUT2D eigenvalue weighted by Gasteiger charge is -2.28. The minimum Gasteiger partial charge on any atom is -0.493 e. The van der Waals surface area contributed by atoms with Gasteiger partial charge >= 0.3 is 5.97 Å². The largest absolute Gasteiger partial charge is 0.493 e. The number of halogens is 3. The molecule has 0 fully saturated rings. The van der Waals surface area contributed by atoms with Gasteiger partial charge in [0.2, 0.25) is 3.79 Å². The number of amides is 1. The van der Waals surface area contributed by atoms with Crippen molar-refractivity contribution in [1.29, 1.82) is 0 Å². The Bertz CT molecular complexity index is 985. The molecule has 0 aliphatic rings. The molecular formula is C19H18Cl3N3O5S. The summed E-state index contributed by atoms with van der Waals surface area (Å²) in [5.41, 5.74) is 0.686. The van der Waals surface area contributed by atoms with Crippen molar-refractivity contribution in [2.75, 3.05) is 19.5 Å². The average Bonchev–Trinajstić information content (AvgIpc) is 2.72. The molecule has 12 heteroatoms. The fourth-order valence-corrected chi connectivity index (χ4v) is 2.98. The summed E-state index contributed by atoms with van der Waals surface area (Å²) in [7, 11) is 2.91. The van der Waals surface area contributed by atoms with E-state index in [9.17, 15) is 9.59 Å². The number of carbonyl (C=O) groups is 2. The van der Waals surface area contributed by atoms with Crippen LogP contribution in [0.2, 0.25) is 0 Å². The molecule has 1 atom stereocenters. The Hall–Kier alpha value is -2.46. The highest BCUT2D eigenvalue weighted by Crippen LogP contribution is 2.30. The Labute approximate surface area is 198 Å². The van der Waals surface area contributed by atoms with Crippen LogP contribution in [-0.4, -0.2) is 46.3 Å². The number of methoxy groups -OCH3 is 2. The van der Waals surface area contributed by atoms with Gasteiger partial charge in [-0.25, -0.2) is 4.79 Å². The van der Waals surface area contributed by atoms with Crippen molar-refractivity contribution in [3.63, 3.8) is 0 Å². The van der Waals surface area contributed by atoms with Crippen LogP contribution in [0.1, 0.15) is 20.7 Å². The summed E-state index contributed by atoms with van der Waals surface area (Å²) in [6, 6.07) is 10.5. The lowest BCUT2D eigenvalue weighted by atomic mass is 10.2. The molecule has 0 bridgehead atoms. The summed E-state index contributed by atoms with van der Waals surface area (Å²) >= 11 is 23.2. The second kappa shape index (κ2) is 10.7. The van der Waals surface area contributed by atoms with Gasteiger partial charge in [-0.1, -0.05) is 40.9 Å². The highest BCUT2D eigenvalue weighted by molar-refractivity contribution is 7.80. The molecule has 0 aromatic heterocycles. The van der Waals surface area contributed by atoms with E-state index in [2.05, 4.69) is 16.0 Å². The first-order valence-electron chi connectivity index (χ1n) is 8.55. The monoisotopic (exact) mass is 505 g/mol. The van der Waals surface area contributed by atoms with Gasteiger partial charge in [0.05, 0.1) is 19.8 Å². The maximum absolute atomic E-state index is 12.7. The molecule has 1 amide bonds. The molecule has 0 saturated heterocycles. The fourth-order valence-electron chi connectivity index (χ4n) is 2.42. The second-order valence-corrected chi connectivity index (χ2v) is 8.78. The molecule has 0 saturated carbocycles. The summed E-state index contributed by atoms with van der Waals surface area (Å²) in [6.45, 7) is 0. The van der Waals surface area contributed by atoms with Crippen LogP contribution in [-0.2, 0) is 0 Å². The van der Waals surface area contributed by atoms with Gasteiger partial charge in [-0.05, 0) is 48.6 Å². The maximum atomic E-state index is 12.7. The smallest absolute Gasteiger partial charge is 0.335 e. The van der Waals surface area contributed by atoms with E-state index < -0.39 is 21.8 Å². The van der Waals surface area contributed by atoms with Crippen molar-refractivity contribution < 1.29 is 24.2 Å². The zero-order valence-electron chi connectivity index (χ0n) is 16.2. The van der Waals surface area contributed by atoms with Gasteiger partial charge in [0.25, 0.3) is 5.91 Å². The van der Waals surface area contributed by atoms with Crippen LogP contribution >= 0.6 is 47.0 Å². The fraction of sp³-hybridized carbons (Fsp3) is 0.211. The van der Waals surface area contributed by atoms with Crippen molar-refractivity contribution in [3.05, 3.63) is 53.6 Å². The predicted octanol–water partition coefficient (Wildman–Crippen LogP) is 3.81. The van der Waals surface area contributed by atoms with E-state index in [1.807, 2.05) is 0 Å². The summed E-state index contributed by atoms with van der Waals surface area (Å²) < 4.78 is 8.36. The minimum atomic E-state index is -1.97.